The van der Waals surface area contributed by atoms with Gasteiger partial charge in [0.15, 0.2) is 10.8 Å². The van der Waals surface area contributed by atoms with Crippen molar-refractivity contribution in [1.82, 2.24) is 9.88 Å². The predicted octanol–water partition coefficient (Wildman–Crippen LogP) is 1.44. The third kappa shape index (κ3) is 2.22. The summed E-state index contributed by atoms with van der Waals surface area (Å²) in [4.78, 5) is 18.1. The van der Waals surface area contributed by atoms with Crippen molar-refractivity contribution in [3.63, 3.8) is 0 Å². The number of ether oxygens (including phenoxy) is 1. The van der Waals surface area contributed by atoms with Crippen molar-refractivity contribution in [1.29, 1.82) is 0 Å². The molecule has 0 spiro atoms. The Morgan fingerprint density at radius 1 is 1.56 bits per heavy atom. The van der Waals surface area contributed by atoms with Crippen LogP contribution in [-0.4, -0.2) is 48.6 Å². The van der Waals surface area contributed by atoms with Gasteiger partial charge in [0.25, 0.3) is 0 Å². The number of carbonyl (C=O) groups is 1. The molecule has 1 N–H and O–H groups in total. The smallest absolute Gasteiger partial charge is 0.357 e. The fraction of sp³-hybridized carbons (Fsp3) is 0.667. The number of fused-ring (bicyclic) bond motifs is 3. The first-order valence-electron chi connectivity index (χ1n) is 6.29. The van der Waals surface area contributed by atoms with Crippen molar-refractivity contribution < 1.29 is 9.53 Å². The molecule has 3 aliphatic rings. The average molecular weight is 267 g/mol. The number of rotatable bonds is 3. The molecule has 18 heavy (non-hydrogen) atoms. The van der Waals surface area contributed by atoms with Gasteiger partial charge in [0.1, 0.15) is 0 Å². The molecule has 5 nitrogen and oxygen atoms in total. The zero-order valence-electron chi connectivity index (χ0n) is 10.4. The van der Waals surface area contributed by atoms with Crippen molar-refractivity contribution in [3.05, 3.63) is 11.1 Å². The largest absolute Gasteiger partial charge is 0.464 e. The lowest BCUT2D eigenvalue weighted by molar-refractivity contribution is 0.0595. The number of piperidine rings is 3. The van der Waals surface area contributed by atoms with Crippen molar-refractivity contribution in [2.45, 2.75) is 18.9 Å². The van der Waals surface area contributed by atoms with Crippen LogP contribution in [0.5, 0.6) is 0 Å². The number of nitrogens with one attached hydrogen (secondary N) is 1. The molecule has 98 valence electrons. The van der Waals surface area contributed by atoms with E-state index in [0.717, 1.165) is 17.6 Å². The van der Waals surface area contributed by atoms with Crippen LogP contribution >= 0.6 is 11.3 Å². The highest BCUT2D eigenvalue weighted by atomic mass is 32.1. The molecule has 3 aliphatic heterocycles. The minimum absolute atomic E-state index is 0.367. The van der Waals surface area contributed by atoms with Gasteiger partial charge in [-0.25, -0.2) is 9.78 Å². The average Bonchev–Trinajstić information content (AvgIpc) is 2.88. The topological polar surface area (TPSA) is 54.5 Å². The van der Waals surface area contributed by atoms with Crippen LogP contribution in [0.3, 0.4) is 0 Å². The van der Waals surface area contributed by atoms with Crippen LogP contribution in [0.4, 0.5) is 5.13 Å². The Labute approximate surface area is 110 Å². The Bertz CT molecular complexity index is 440. The Balaban J connectivity index is 1.66. The van der Waals surface area contributed by atoms with Crippen molar-refractivity contribution >= 4 is 22.4 Å². The van der Waals surface area contributed by atoms with Gasteiger partial charge in [-0.05, 0) is 31.8 Å². The molecular formula is C12H17N3O2S. The second kappa shape index (κ2) is 4.85. The molecule has 0 aromatic carbocycles. The van der Waals surface area contributed by atoms with Crippen LogP contribution in [0, 0.1) is 5.92 Å². The van der Waals surface area contributed by atoms with Crippen molar-refractivity contribution in [2.24, 2.45) is 5.92 Å². The molecule has 1 atom stereocenters. The highest BCUT2D eigenvalue weighted by Crippen LogP contribution is 2.30. The molecule has 3 saturated heterocycles. The summed E-state index contributed by atoms with van der Waals surface area (Å²) in [5.74, 6) is 0.383. The number of hydrogen-bond acceptors (Lipinski definition) is 6. The van der Waals surface area contributed by atoms with E-state index in [9.17, 15) is 4.79 Å². The standard InChI is InChI=1S/C12H17N3O2S/c1-17-11(16)10-7-18-12(14-10)13-9-6-15-4-2-8(9)3-5-15/h7-9H,2-6H2,1H3,(H,13,14). The van der Waals surface area contributed by atoms with Crippen LogP contribution in [0.15, 0.2) is 5.38 Å². The number of carbonyl (C=O) groups excluding carboxylic acids is 1. The van der Waals surface area contributed by atoms with Gasteiger partial charge in [-0.15, -0.1) is 11.3 Å². The summed E-state index contributed by atoms with van der Waals surface area (Å²) in [6.45, 7) is 3.56. The molecule has 0 saturated carbocycles. The summed E-state index contributed by atoms with van der Waals surface area (Å²) in [7, 11) is 1.38. The predicted molar refractivity (Wildman–Crippen MR) is 70.0 cm³/mol. The maximum Gasteiger partial charge on any atom is 0.357 e. The fourth-order valence-electron chi connectivity index (χ4n) is 2.83. The van der Waals surface area contributed by atoms with Gasteiger partial charge in [0.05, 0.1) is 7.11 Å². The van der Waals surface area contributed by atoms with Crippen LogP contribution < -0.4 is 5.32 Å². The highest BCUT2D eigenvalue weighted by molar-refractivity contribution is 7.13. The lowest BCUT2D eigenvalue weighted by Crippen LogP contribution is -2.53. The number of methoxy groups -OCH3 is 1. The number of aromatic nitrogens is 1. The Kier molecular flexibility index (Phi) is 3.22. The van der Waals surface area contributed by atoms with Crippen LogP contribution in [0.25, 0.3) is 0 Å². The summed E-state index contributed by atoms with van der Waals surface area (Å²) >= 11 is 1.47. The van der Waals surface area contributed by atoms with E-state index in [1.807, 2.05) is 0 Å². The number of hydrogen-bond donors (Lipinski definition) is 1. The molecule has 1 unspecified atom stereocenters. The van der Waals surface area contributed by atoms with E-state index in [2.05, 4.69) is 19.9 Å². The number of anilines is 1. The Hall–Kier alpha value is -1.14. The molecule has 3 fully saturated rings. The fourth-order valence-corrected chi connectivity index (χ4v) is 3.57. The van der Waals surface area contributed by atoms with E-state index in [4.69, 9.17) is 0 Å². The van der Waals surface area contributed by atoms with Gasteiger partial charge >= 0.3 is 5.97 Å². The lowest BCUT2D eigenvalue weighted by Gasteiger charge is -2.44. The maximum atomic E-state index is 11.3. The summed E-state index contributed by atoms with van der Waals surface area (Å²) in [6.07, 6.45) is 2.54. The minimum Gasteiger partial charge on any atom is -0.464 e. The lowest BCUT2D eigenvalue weighted by atomic mass is 9.84. The van der Waals surface area contributed by atoms with Gasteiger partial charge in [-0.3, -0.25) is 0 Å². The van der Waals surface area contributed by atoms with E-state index in [0.29, 0.717) is 11.7 Å². The molecule has 0 amide bonds. The summed E-state index contributed by atoms with van der Waals surface area (Å²) in [5, 5.41) is 6.04. The van der Waals surface area contributed by atoms with E-state index < -0.39 is 0 Å². The van der Waals surface area contributed by atoms with E-state index in [1.165, 1.54) is 44.4 Å². The van der Waals surface area contributed by atoms with Crippen molar-refractivity contribution in [2.75, 3.05) is 32.1 Å². The number of esters is 1. The molecule has 2 bridgehead atoms. The molecule has 0 radical (unpaired) electrons. The Morgan fingerprint density at radius 3 is 2.94 bits per heavy atom. The van der Waals surface area contributed by atoms with Gasteiger partial charge in [0.2, 0.25) is 0 Å². The van der Waals surface area contributed by atoms with Gasteiger partial charge < -0.3 is 15.0 Å². The zero-order valence-corrected chi connectivity index (χ0v) is 11.2. The number of nitrogens with zero attached hydrogens (tertiary/aromatic N) is 2. The van der Waals surface area contributed by atoms with Crippen molar-refractivity contribution in [3.8, 4) is 0 Å². The van der Waals surface area contributed by atoms with Crippen LogP contribution in [0.2, 0.25) is 0 Å². The van der Waals surface area contributed by atoms with Crippen LogP contribution in [-0.2, 0) is 4.74 Å². The first-order valence-corrected chi connectivity index (χ1v) is 7.17. The first-order chi connectivity index (χ1) is 8.76. The van der Waals surface area contributed by atoms with E-state index >= 15 is 0 Å². The summed E-state index contributed by atoms with van der Waals surface area (Å²) in [5.41, 5.74) is 0.395. The molecule has 4 rings (SSSR count). The third-order valence-corrected chi connectivity index (χ3v) is 4.64. The molecule has 1 aromatic heterocycles. The zero-order chi connectivity index (χ0) is 12.5. The molecular weight excluding hydrogens is 250 g/mol. The Morgan fingerprint density at radius 2 is 2.33 bits per heavy atom. The van der Waals surface area contributed by atoms with E-state index in [-0.39, 0.29) is 5.97 Å². The first kappa shape index (κ1) is 11.9. The molecule has 4 heterocycles. The highest BCUT2D eigenvalue weighted by Gasteiger charge is 2.34. The minimum atomic E-state index is -0.367. The second-order valence-electron chi connectivity index (χ2n) is 4.92. The van der Waals surface area contributed by atoms with Gasteiger partial charge in [-0.2, -0.15) is 0 Å². The second-order valence-corrected chi connectivity index (χ2v) is 5.78. The van der Waals surface area contributed by atoms with Gasteiger partial charge in [0, 0.05) is 18.0 Å². The quantitative estimate of drug-likeness (QED) is 0.840. The molecule has 1 aromatic rings. The monoisotopic (exact) mass is 267 g/mol. The number of thiazole rings is 1. The van der Waals surface area contributed by atoms with Crippen LogP contribution in [0.1, 0.15) is 23.3 Å². The van der Waals surface area contributed by atoms with E-state index in [1.54, 1.807) is 5.38 Å². The molecule has 0 aliphatic carbocycles. The van der Waals surface area contributed by atoms with Gasteiger partial charge in [-0.1, -0.05) is 0 Å². The third-order valence-electron chi connectivity index (χ3n) is 3.86. The normalized spacial score (nSPS) is 30.2. The maximum absolute atomic E-state index is 11.3. The summed E-state index contributed by atoms with van der Waals surface area (Å²) < 4.78 is 4.66. The molecule has 6 heteroatoms. The summed E-state index contributed by atoms with van der Waals surface area (Å²) in [6, 6.07) is 0.476. The SMILES string of the molecule is COC(=O)c1csc(NC2CN3CCC2CC3)n1.